The second kappa shape index (κ2) is 5.51. The maximum atomic E-state index is 11.8. The summed E-state index contributed by atoms with van der Waals surface area (Å²) in [5.41, 5.74) is 0.712. The Kier molecular flexibility index (Phi) is 4.31. The van der Waals surface area contributed by atoms with Gasteiger partial charge in [-0.25, -0.2) is 0 Å². The molecule has 15 heavy (non-hydrogen) atoms. The lowest BCUT2D eigenvalue weighted by Crippen LogP contribution is -2.33. The largest absolute Gasteiger partial charge is 0.497 e. The van der Waals surface area contributed by atoms with E-state index in [0.29, 0.717) is 5.56 Å². The normalized spacial score (nSPS) is 12.2. The summed E-state index contributed by atoms with van der Waals surface area (Å²) in [6.45, 7) is 4.65. The first kappa shape index (κ1) is 11.7. The third-order valence-electron chi connectivity index (χ3n) is 2.28. The summed E-state index contributed by atoms with van der Waals surface area (Å²) in [4.78, 5) is 11.8. The lowest BCUT2D eigenvalue weighted by Gasteiger charge is -2.11. The molecule has 3 heteroatoms. The Morgan fingerprint density at radius 3 is 2.47 bits per heavy atom. The molecular weight excluding hydrogens is 190 g/mol. The molecule has 0 saturated heterocycles. The van der Waals surface area contributed by atoms with Gasteiger partial charge < -0.3 is 10.1 Å². The van der Waals surface area contributed by atoms with Gasteiger partial charge in [0.05, 0.1) is 13.2 Å². The Morgan fingerprint density at radius 1 is 1.40 bits per heavy atom. The SMILES string of the molecule is CCNC(C)C(=O)c1ccc(OC)cc1. The summed E-state index contributed by atoms with van der Waals surface area (Å²) in [6, 6.07) is 7.03. The summed E-state index contributed by atoms with van der Waals surface area (Å²) >= 11 is 0. The van der Waals surface area contributed by atoms with E-state index in [2.05, 4.69) is 5.32 Å². The van der Waals surface area contributed by atoms with Crippen molar-refractivity contribution in [1.82, 2.24) is 5.32 Å². The van der Waals surface area contributed by atoms with Crippen molar-refractivity contribution in [3.63, 3.8) is 0 Å². The van der Waals surface area contributed by atoms with Crippen LogP contribution < -0.4 is 10.1 Å². The van der Waals surface area contributed by atoms with E-state index in [1.54, 1.807) is 31.4 Å². The van der Waals surface area contributed by atoms with Crippen molar-refractivity contribution in [1.29, 1.82) is 0 Å². The number of rotatable bonds is 5. The van der Waals surface area contributed by atoms with Crippen LogP contribution in [0.2, 0.25) is 0 Å². The molecule has 0 aromatic heterocycles. The minimum atomic E-state index is -0.136. The molecule has 0 fully saturated rings. The summed E-state index contributed by atoms with van der Waals surface area (Å²) in [5.74, 6) is 0.877. The van der Waals surface area contributed by atoms with Gasteiger partial charge in [0.25, 0.3) is 0 Å². The van der Waals surface area contributed by atoms with Crippen molar-refractivity contribution in [3.05, 3.63) is 29.8 Å². The highest BCUT2D eigenvalue weighted by Crippen LogP contribution is 2.12. The van der Waals surface area contributed by atoms with Crippen LogP contribution in [0.5, 0.6) is 5.75 Å². The molecule has 1 atom stereocenters. The highest BCUT2D eigenvalue weighted by molar-refractivity contribution is 5.99. The molecule has 0 spiro atoms. The molecule has 0 aliphatic rings. The number of Topliss-reactive ketones (excluding diaryl/α,β-unsaturated/α-hetero) is 1. The second-order valence-corrected chi connectivity index (χ2v) is 3.37. The fraction of sp³-hybridized carbons (Fsp3) is 0.417. The van der Waals surface area contributed by atoms with E-state index >= 15 is 0 Å². The molecule has 1 rings (SSSR count). The zero-order valence-electron chi connectivity index (χ0n) is 9.41. The molecule has 0 bridgehead atoms. The standard InChI is InChI=1S/C12H17NO2/c1-4-13-9(2)12(14)10-5-7-11(15-3)8-6-10/h5-9,13H,4H2,1-3H3. The molecule has 1 unspecified atom stereocenters. The van der Waals surface area contributed by atoms with Crippen molar-refractivity contribution in [2.45, 2.75) is 19.9 Å². The molecule has 1 aromatic carbocycles. The number of carbonyl (C=O) groups excluding carboxylic acids is 1. The van der Waals surface area contributed by atoms with Gasteiger partial charge in [0.1, 0.15) is 5.75 Å². The van der Waals surface area contributed by atoms with Gasteiger partial charge >= 0.3 is 0 Å². The maximum Gasteiger partial charge on any atom is 0.179 e. The number of hydrogen-bond acceptors (Lipinski definition) is 3. The highest BCUT2D eigenvalue weighted by Gasteiger charge is 2.13. The van der Waals surface area contributed by atoms with E-state index in [0.717, 1.165) is 12.3 Å². The van der Waals surface area contributed by atoms with Crippen LogP contribution in [-0.2, 0) is 0 Å². The number of nitrogens with one attached hydrogen (secondary N) is 1. The second-order valence-electron chi connectivity index (χ2n) is 3.37. The average Bonchev–Trinajstić information content (AvgIpc) is 2.28. The minimum Gasteiger partial charge on any atom is -0.497 e. The predicted octanol–water partition coefficient (Wildman–Crippen LogP) is 1.88. The van der Waals surface area contributed by atoms with Crippen LogP contribution in [0.25, 0.3) is 0 Å². The fourth-order valence-corrected chi connectivity index (χ4v) is 1.40. The van der Waals surface area contributed by atoms with Crippen molar-refractivity contribution < 1.29 is 9.53 Å². The van der Waals surface area contributed by atoms with E-state index < -0.39 is 0 Å². The van der Waals surface area contributed by atoms with Crippen LogP contribution in [0.15, 0.2) is 24.3 Å². The number of hydrogen-bond donors (Lipinski definition) is 1. The third-order valence-corrected chi connectivity index (χ3v) is 2.28. The van der Waals surface area contributed by atoms with Crippen LogP contribution in [-0.4, -0.2) is 25.5 Å². The number of likely N-dealkylation sites (N-methyl/N-ethyl adjacent to an activating group) is 1. The Balaban J connectivity index is 2.73. The number of methoxy groups -OCH3 is 1. The molecule has 82 valence electrons. The first-order valence-electron chi connectivity index (χ1n) is 5.10. The number of ketones is 1. The quantitative estimate of drug-likeness (QED) is 0.749. The van der Waals surface area contributed by atoms with Gasteiger partial charge in [-0.1, -0.05) is 6.92 Å². The van der Waals surface area contributed by atoms with E-state index in [-0.39, 0.29) is 11.8 Å². The molecular formula is C12H17NO2. The molecule has 0 saturated carbocycles. The van der Waals surface area contributed by atoms with Crippen molar-refractivity contribution in [2.75, 3.05) is 13.7 Å². The van der Waals surface area contributed by atoms with Crippen molar-refractivity contribution >= 4 is 5.78 Å². The number of benzene rings is 1. The van der Waals surface area contributed by atoms with Gasteiger partial charge in [-0.3, -0.25) is 4.79 Å². The maximum absolute atomic E-state index is 11.8. The molecule has 0 amide bonds. The minimum absolute atomic E-state index is 0.111. The smallest absolute Gasteiger partial charge is 0.179 e. The first-order chi connectivity index (χ1) is 7.19. The van der Waals surface area contributed by atoms with E-state index in [1.165, 1.54) is 0 Å². The zero-order chi connectivity index (χ0) is 11.3. The lowest BCUT2D eigenvalue weighted by atomic mass is 10.1. The molecule has 0 aliphatic heterocycles. The summed E-state index contributed by atoms with van der Waals surface area (Å²) < 4.78 is 5.03. The third kappa shape index (κ3) is 3.06. The summed E-state index contributed by atoms with van der Waals surface area (Å²) in [7, 11) is 1.61. The molecule has 0 heterocycles. The molecule has 3 nitrogen and oxygen atoms in total. The lowest BCUT2D eigenvalue weighted by molar-refractivity contribution is 0.0952. The number of ether oxygens (including phenoxy) is 1. The van der Waals surface area contributed by atoms with Crippen LogP contribution in [0.1, 0.15) is 24.2 Å². The Morgan fingerprint density at radius 2 is 2.00 bits per heavy atom. The van der Waals surface area contributed by atoms with Gasteiger partial charge in [0.15, 0.2) is 5.78 Å². The molecule has 0 radical (unpaired) electrons. The summed E-state index contributed by atoms with van der Waals surface area (Å²) in [5, 5.41) is 3.09. The van der Waals surface area contributed by atoms with Crippen LogP contribution >= 0.6 is 0 Å². The Hall–Kier alpha value is -1.35. The van der Waals surface area contributed by atoms with Gasteiger partial charge in [0.2, 0.25) is 0 Å². The summed E-state index contributed by atoms with van der Waals surface area (Å²) in [6.07, 6.45) is 0. The topological polar surface area (TPSA) is 38.3 Å². The van der Waals surface area contributed by atoms with Crippen LogP contribution in [0.3, 0.4) is 0 Å². The van der Waals surface area contributed by atoms with Crippen LogP contribution in [0, 0.1) is 0 Å². The Labute approximate surface area is 90.4 Å². The average molecular weight is 207 g/mol. The van der Waals surface area contributed by atoms with E-state index in [4.69, 9.17) is 4.74 Å². The molecule has 1 aromatic rings. The fourth-order valence-electron chi connectivity index (χ4n) is 1.40. The monoisotopic (exact) mass is 207 g/mol. The predicted molar refractivity (Wildman–Crippen MR) is 60.5 cm³/mol. The number of carbonyl (C=O) groups is 1. The van der Waals surface area contributed by atoms with Gasteiger partial charge in [-0.05, 0) is 37.7 Å². The van der Waals surface area contributed by atoms with Crippen molar-refractivity contribution in [2.24, 2.45) is 0 Å². The van der Waals surface area contributed by atoms with Gasteiger partial charge in [-0.2, -0.15) is 0 Å². The van der Waals surface area contributed by atoms with Gasteiger partial charge in [0, 0.05) is 5.56 Å². The van der Waals surface area contributed by atoms with Crippen LogP contribution in [0.4, 0.5) is 0 Å². The van der Waals surface area contributed by atoms with E-state index in [1.807, 2.05) is 13.8 Å². The van der Waals surface area contributed by atoms with Gasteiger partial charge in [-0.15, -0.1) is 0 Å². The Bertz CT molecular complexity index is 319. The van der Waals surface area contributed by atoms with E-state index in [9.17, 15) is 4.79 Å². The first-order valence-corrected chi connectivity index (χ1v) is 5.10. The zero-order valence-corrected chi connectivity index (χ0v) is 9.41. The molecule has 1 N–H and O–H groups in total. The highest BCUT2D eigenvalue weighted by atomic mass is 16.5. The van der Waals surface area contributed by atoms with Crippen molar-refractivity contribution in [3.8, 4) is 5.75 Å². The molecule has 0 aliphatic carbocycles.